The minimum atomic E-state index is -0.194. The molecule has 16 aromatic carbocycles. The first-order valence-corrected chi connectivity index (χ1v) is 37.7. The highest BCUT2D eigenvalue weighted by Gasteiger charge is 2.44. The molecule has 20 aromatic rings. The van der Waals surface area contributed by atoms with Crippen LogP contribution in [0.5, 0.6) is 0 Å². The Hall–Kier alpha value is -12.8. The summed E-state index contributed by atoms with van der Waals surface area (Å²) in [4.78, 5) is 0. The molecule has 0 fully saturated rings. The van der Waals surface area contributed by atoms with Crippen molar-refractivity contribution >= 4 is 109 Å². The van der Waals surface area contributed by atoms with E-state index in [0.717, 1.165) is 25.7 Å². The number of benzene rings is 16. The predicted molar refractivity (Wildman–Crippen MR) is 444 cm³/mol. The van der Waals surface area contributed by atoms with Crippen LogP contribution < -0.4 is 0 Å². The Morgan fingerprint density at radius 3 is 1.14 bits per heavy atom. The van der Waals surface area contributed by atoms with E-state index in [1.165, 1.54) is 221 Å². The van der Waals surface area contributed by atoms with Crippen LogP contribution in [0.3, 0.4) is 0 Å². The summed E-state index contributed by atoms with van der Waals surface area (Å²) < 4.78 is 10.0. The minimum Gasteiger partial charge on any atom is -0.309 e. The molecule has 0 N–H and O–H groups in total. The van der Waals surface area contributed by atoms with Crippen LogP contribution in [0.15, 0.2) is 315 Å². The zero-order chi connectivity index (χ0) is 70.0. The summed E-state index contributed by atoms with van der Waals surface area (Å²) in [5.74, 6) is 0. The van der Waals surface area contributed by atoms with E-state index in [9.17, 15) is 0 Å². The fraction of sp³-hybridized carbons (Fsp3) is 0.0980. The lowest BCUT2D eigenvalue weighted by molar-refractivity contribution is 0.663. The van der Waals surface area contributed by atoms with Gasteiger partial charge in [0.05, 0.1) is 44.1 Å². The van der Waals surface area contributed by atoms with Crippen LogP contribution in [-0.2, 0) is 36.5 Å². The Kier molecular flexibility index (Phi) is 12.3. The first kappa shape index (κ1) is 59.7. The Morgan fingerprint density at radius 2 is 0.613 bits per heavy atom. The molecule has 24 rings (SSSR count). The highest BCUT2D eigenvalue weighted by Crippen LogP contribution is 2.60. The van der Waals surface area contributed by atoms with Crippen molar-refractivity contribution in [1.82, 2.24) is 18.3 Å². The van der Waals surface area contributed by atoms with Crippen molar-refractivity contribution in [2.24, 2.45) is 0 Å². The summed E-state index contributed by atoms with van der Waals surface area (Å²) >= 11 is 0. The SMILES string of the molecule is CC1(C)c2ccccc2-c2c1c1c(c3cc4c(cc23)Cc2ccccc2C4)c2ccccc2n1-c1ccc2c(c1)c1ccccc1n2-c1ccccc1.CC1(C)c2ccccc2-c2c3c(c4c5ccccc5n(-c5ccc6c(c5)c5ccccc5n6-c5ccccc5)c4c21)Cc1cc2ccccc2cc1C3. The fourth-order valence-corrected chi connectivity index (χ4v) is 20.5. The third-order valence-electron chi connectivity index (χ3n) is 25.1. The van der Waals surface area contributed by atoms with E-state index in [1.54, 1.807) is 0 Å². The second kappa shape index (κ2) is 21.9. The van der Waals surface area contributed by atoms with E-state index in [-0.39, 0.29) is 10.8 Å². The van der Waals surface area contributed by atoms with Gasteiger partial charge in [-0.15, -0.1) is 0 Å². The van der Waals surface area contributed by atoms with Crippen LogP contribution in [0.25, 0.3) is 154 Å². The van der Waals surface area contributed by atoms with Gasteiger partial charge in [0.25, 0.3) is 0 Å². The Balaban J connectivity index is 0.000000129. The Bertz CT molecular complexity index is 7240. The molecule has 106 heavy (non-hydrogen) atoms. The number of nitrogens with zero attached hydrogens (tertiary/aromatic N) is 4. The first-order valence-electron chi connectivity index (χ1n) is 37.7. The molecule has 4 aliphatic carbocycles. The van der Waals surface area contributed by atoms with Gasteiger partial charge in [0.2, 0.25) is 0 Å². The molecule has 0 saturated carbocycles. The number of fused-ring (bicyclic) bond motifs is 30. The third-order valence-corrected chi connectivity index (χ3v) is 25.1. The van der Waals surface area contributed by atoms with Crippen LogP contribution in [-0.4, -0.2) is 18.3 Å². The lowest BCUT2D eigenvalue weighted by Crippen LogP contribution is -2.18. The quantitative estimate of drug-likeness (QED) is 0.167. The molecule has 0 radical (unpaired) electrons. The van der Waals surface area contributed by atoms with Gasteiger partial charge in [0.1, 0.15) is 0 Å². The molecule has 4 nitrogen and oxygen atoms in total. The zero-order valence-corrected chi connectivity index (χ0v) is 59.6. The summed E-state index contributed by atoms with van der Waals surface area (Å²) in [6.07, 6.45) is 3.84. The van der Waals surface area contributed by atoms with Gasteiger partial charge in [-0.1, -0.05) is 246 Å². The highest BCUT2D eigenvalue weighted by molar-refractivity contribution is 6.28. The summed E-state index contributed by atoms with van der Waals surface area (Å²) in [6, 6.07) is 118. The second-order valence-corrected chi connectivity index (χ2v) is 31.3. The average Bonchev–Trinajstić information content (AvgIpc) is 1.52. The summed E-state index contributed by atoms with van der Waals surface area (Å²) in [5.41, 5.74) is 37.6. The average molecular weight is 1350 g/mol. The minimum absolute atomic E-state index is 0.178. The van der Waals surface area contributed by atoms with Crippen LogP contribution in [0, 0.1) is 0 Å². The molecule has 0 bridgehead atoms. The molecule has 0 atom stereocenters. The standard InChI is InChI=1S/2C51H36N2/c2*1-51(2)43-21-11-8-19-38(43)47-41-28-33-26-31-14-6-7-15-32(31)27-34(33)29-42(41)48-39-20-10-13-23-45(39)53(50(48)49(47)51)36-24-25-46-40(30-36)37-18-9-12-22-44(37)52(46)35-16-4-3-5-17-35/h3-25,28-30H,26-27H2,1-2H3;3-27,30H,28-29H2,1-2H3. The van der Waals surface area contributed by atoms with Crippen LogP contribution in [0.1, 0.15) is 94.5 Å². The smallest absolute Gasteiger partial charge is 0.0594 e. The highest BCUT2D eigenvalue weighted by atomic mass is 15.0. The van der Waals surface area contributed by atoms with Crippen LogP contribution in [0.4, 0.5) is 0 Å². The largest absolute Gasteiger partial charge is 0.309 e. The molecule has 0 aliphatic heterocycles. The predicted octanol–water partition coefficient (Wildman–Crippen LogP) is 25.7. The number of rotatable bonds is 4. The van der Waals surface area contributed by atoms with E-state index < -0.39 is 0 Å². The normalized spacial score (nSPS) is 14.2. The number of para-hydroxylation sites is 6. The molecular weight excluding hydrogens is 1280 g/mol. The van der Waals surface area contributed by atoms with Gasteiger partial charge in [-0.05, 0) is 233 Å². The molecule has 0 saturated heterocycles. The summed E-state index contributed by atoms with van der Waals surface area (Å²) in [5, 5.41) is 15.9. The maximum Gasteiger partial charge on any atom is 0.0594 e. The Labute approximate surface area is 614 Å². The van der Waals surface area contributed by atoms with Crippen molar-refractivity contribution in [3.8, 4) is 45.0 Å². The van der Waals surface area contributed by atoms with Gasteiger partial charge in [-0.25, -0.2) is 0 Å². The van der Waals surface area contributed by atoms with Gasteiger partial charge in [-0.2, -0.15) is 0 Å². The summed E-state index contributed by atoms with van der Waals surface area (Å²) in [6.45, 7) is 9.78. The number of aromatic nitrogens is 4. The lowest BCUT2D eigenvalue weighted by atomic mass is 9.76. The Morgan fingerprint density at radius 1 is 0.236 bits per heavy atom. The lowest BCUT2D eigenvalue weighted by Gasteiger charge is -2.28. The summed E-state index contributed by atoms with van der Waals surface area (Å²) in [7, 11) is 0. The van der Waals surface area contributed by atoms with Crippen molar-refractivity contribution in [2.75, 3.05) is 0 Å². The van der Waals surface area contributed by atoms with Crippen molar-refractivity contribution < 1.29 is 0 Å². The molecule has 4 heterocycles. The van der Waals surface area contributed by atoms with E-state index >= 15 is 0 Å². The van der Waals surface area contributed by atoms with Crippen molar-refractivity contribution in [1.29, 1.82) is 0 Å². The third kappa shape index (κ3) is 8.19. The van der Waals surface area contributed by atoms with Gasteiger partial charge in [-0.3, -0.25) is 0 Å². The number of hydrogen-bond acceptors (Lipinski definition) is 0. The zero-order valence-electron chi connectivity index (χ0n) is 59.6. The van der Waals surface area contributed by atoms with E-state index in [4.69, 9.17) is 0 Å². The molecule has 4 aliphatic rings. The van der Waals surface area contributed by atoms with Crippen LogP contribution >= 0.6 is 0 Å². The maximum absolute atomic E-state index is 2.61. The van der Waals surface area contributed by atoms with E-state index in [0.29, 0.717) is 0 Å². The first-order chi connectivity index (χ1) is 52.1. The fourth-order valence-electron chi connectivity index (χ4n) is 20.5. The molecular formula is C102H72N4. The molecule has 0 amide bonds. The molecule has 0 unspecified atom stereocenters. The van der Waals surface area contributed by atoms with E-state index in [2.05, 4.69) is 361 Å². The van der Waals surface area contributed by atoms with Gasteiger partial charge in [0, 0.05) is 76.7 Å². The topological polar surface area (TPSA) is 19.7 Å². The molecule has 0 spiro atoms. The van der Waals surface area contributed by atoms with Gasteiger partial charge < -0.3 is 18.3 Å². The number of hydrogen-bond donors (Lipinski definition) is 0. The van der Waals surface area contributed by atoms with Crippen LogP contribution in [0.2, 0.25) is 0 Å². The van der Waals surface area contributed by atoms with Gasteiger partial charge >= 0.3 is 0 Å². The molecule has 4 aromatic heterocycles. The molecule has 4 heteroatoms. The van der Waals surface area contributed by atoms with Crippen molar-refractivity contribution in [3.63, 3.8) is 0 Å². The van der Waals surface area contributed by atoms with Crippen molar-refractivity contribution in [2.45, 2.75) is 64.2 Å². The van der Waals surface area contributed by atoms with E-state index in [1.807, 2.05) is 0 Å². The van der Waals surface area contributed by atoms with Crippen molar-refractivity contribution in [3.05, 3.63) is 382 Å². The molecule has 500 valence electrons. The maximum atomic E-state index is 2.61. The second-order valence-electron chi connectivity index (χ2n) is 31.3. The monoisotopic (exact) mass is 1350 g/mol. The van der Waals surface area contributed by atoms with Gasteiger partial charge in [0.15, 0.2) is 0 Å².